The molecular weight excluding hydrogens is 172 g/mol. The third kappa shape index (κ3) is 2.68. The Kier molecular flexibility index (Phi) is 2.85. The zero-order valence-corrected chi connectivity index (χ0v) is 7.30. The van der Waals surface area contributed by atoms with Crippen molar-refractivity contribution in [1.82, 2.24) is 0 Å². The second kappa shape index (κ2) is 3.72. The maximum absolute atomic E-state index is 10.7. The van der Waals surface area contributed by atoms with Gasteiger partial charge in [-0.25, -0.2) is 4.79 Å². The molecule has 0 aromatic carbocycles. The summed E-state index contributed by atoms with van der Waals surface area (Å²) in [6.45, 7) is 0. The molecule has 0 spiro atoms. The van der Waals surface area contributed by atoms with Gasteiger partial charge in [-0.1, -0.05) is 12.2 Å². The smallest absolute Gasteiger partial charge is 0.330 e. The fourth-order valence-corrected chi connectivity index (χ4v) is 1.15. The Morgan fingerprint density at radius 2 is 2.46 bits per heavy atom. The lowest BCUT2D eigenvalue weighted by molar-refractivity contribution is -0.134. The van der Waals surface area contributed by atoms with Gasteiger partial charge in [0.1, 0.15) is 5.60 Å². The van der Waals surface area contributed by atoms with Crippen LogP contribution in [0.2, 0.25) is 0 Å². The first kappa shape index (κ1) is 9.95. The number of carbonyl (C=O) groups excluding carboxylic acids is 1. The van der Waals surface area contributed by atoms with E-state index in [1.165, 1.54) is 25.3 Å². The number of esters is 1. The summed E-state index contributed by atoms with van der Waals surface area (Å²) in [5.74, 6) is -0.525. The summed E-state index contributed by atoms with van der Waals surface area (Å²) in [4.78, 5) is 10.7. The van der Waals surface area contributed by atoms with Crippen LogP contribution in [0.5, 0.6) is 0 Å². The zero-order valence-electron chi connectivity index (χ0n) is 7.30. The molecule has 2 atom stereocenters. The number of aliphatic hydroxyl groups excluding tert-OH is 1. The Bertz CT molecular complexity index is 256. The first-order valence-corrected chi connectivity index (χ1v) is 3.93. The van der Waals surface area contributed by atoms with Crippen LogP contribution in [0.3, 0.4) is 0 Å². The quantitative estimate of drug-likeness (QED) is 0.353. The van der Waals surface area contributed by atoms with Crippen LogP contribution in [-0.2, 0) is 9.53 Å². The molecule has 1 aliphatic carbocycles. The fourth-order valence-electron chi connectivity index (χ4n) is 1.15. The van der Waals surface area contributed by atoms with Crippen LogP contribution < -0.4 is 0 Å². The van der Waals surface area contributed by atoms with Crippen molar-refractivity contribution >= 4 is 5.97 Å². The van der Waals surface area contributed by atoms with E-state index in [1.807, 2.05) is 0 Å². The molecule has 0 aromatic heterocycles. The van der Waals surface area contributed by atoms with Crippen molar-refractivity contribution < 1.29 is 19.7 Å². The average molecular weight is 184 g/mol. The predicted octanol–water partition coefficient (Wildman–Crippen LogP) is -0.233. The van der Waals surface area contributed by atoms with Gasteiger partial charge in [-0.05, 0) is 6.08 Å². The molecule has 0 saturated heterocycles. The maximum atomic E-state index is 10.7. The van der Waals surface area contributed by atoms with Gasteiger partial charge in [0.2, 0.25) is 0 Å². The molecule has 1 aliphatic rings. The minimum atomic E-state index is -1.21. The Morgan fingerprint density at radius 1 is 1.77 bits per heavy atom. The van der Waals surface area contributed by atoms with Crippen molar-refractivity contribution in [3.63, 3.8) is 0 Å². The van der Waals surface area contributed by atoms with Gasteiger partial charge < -0.3 is 14.9 Å². The summed E-state index contributed by atoms with van der Waals surface area (Å²) >= 11 is 0. The van der Waals surface area contributed by atoms with E-state index in [1.54, 1.807) is 0 Å². The molecule has 1 rings (SSSR count). The molecule has 0 radical (unpaired) electrons. The number of ether oxygens (including phenoxy) is 1. The highest BCUT2D eigenvalue weighted by Gasteiger charge is 2.28. The summed E-state index contributed by atoms with van der Waals surface area (Å²) in [7, 11) is 1.26. The Morgan fingerprint density at radius 3 is 2.92 bits per heavy atom. The SMILES string of the molecule is COC(=O)C=CC1(O)C=CC(O)C1. The van der Waals surface area contributed by atoms with Gasteiger partial charge in [0.15, 0.2) is 0 Å². The van der Waals surface area contributed by atoms with Crippen molar-refractivity contribution in [2.24, 2.45) is 0 Å². The lowest BCUT2D eigenvalue weighted by Crippen LogP contribution is -2.22. The van der Waals surface area contributed by atoms with E-state index in [0.29, 0.717) is 0 Å². The molecule has 0 amide bonds. The Hall–Kier alpha value is -1.13. The number of aliphatic hydroxyl groups is 2. The van der Waals surface area contributed by atoms with Crippen molar-refractivity contribution in [1.29, 1.82) is 0 Å². The largest absolute Gasteiger partial charge is 0.466 e. The lowest BCUT2D eigenvalue weighted by Gasteiger charge is -2.15. The van der Waals surface area contributed by atoms with Crippen LogP contribution in [0, 0.1) is 0 Å². The number of carbonyl (C=O) groups is 1. The second-order valence-electron chi connectivity index (χ2n) is 2.98. The fraction of sp³-hybridized carbons (Fsp3) is 0.444. The highest BCUT2D eigenvalue weighted by molar-refractivity contribution is 5.82. The van der Waals surface area contributed by atoms with Gasteiger partial charge in [0.25, 0.3) is 0 Å². The minimum absolute atomic E-state index is 0.181. The van der Waals surface area contributed by atoms with Crippen LogP contribution in [0.4, 0.5) is 0 Å². The average Bonchev–Trinajstić information content (AvgIpc) is 2.43. The first-order chi connectivity index (χ1) is 6.06. The highest BCUT2D eigenvalue weighted by Crippen LogP contribution is 2.23. The normalized spacial score (nSPS) is 32.7. The van der Waals surface area contributed by atoms with Crippen molar-refractivity contribution in [2.75, 3.05) is 7.11 Å². The summed E-state index contributed by atoms with van der Waals surface area (Å²) < 4.78 is 4.36. The molecule has 2 unspecified atom stereocenters. The van der Waals surface area contributed by atoms with E-state index in [2.05, 4.69) is 4.74 Å². The van der Waals surface area contributed by atoms with Crippen LogP contribution in [0.1, 0.15) is 6.42 Å². The summed E-state index contributed by atoms with van der Waals surface area (Å²) in [6, 6.07) is 0. The van der Waals surface area contributed by atoms with Gasteiger partial charge in [-0.15, -0.1) is 0 Å². The van der Waals surface area contributed by atoms with Crippen molar-refractivity contribution in [2.45, 2.75) is 18.1 Å². The van der Waals surface area contributed by atoms with Gasteiger partial charge in [-0.3, -0.25) is 0 Å². The molecule has 0 heterocycles. The lowest BCUT2D eigenvalue weighted by atomic mass is 10.0. The molecule has 4 nitrogen and oxygen atoms in total. The Labute approximate surface area is 76.1 Å². The molecule has 72 valence electrons. The van der Waals surface area contributed by atoms with Gasteiger partial charge in [0.05, 0.1) is 13.2 Å². The van der Waals surface area contributed by atoms with E-state index in [9.17, 15) is 9.90 Å². The number of methoxy groups -OCH3 is 1. The van der Waals surface area contributed by atoms with E-state index >= 15 is 0 Å². The summed E-state index contributed by atoms with van der Waals surface area (Å²) in [5.41, 5.74) is -1.21. The second-order valence-corrected chi connectivity index (χ2v) is 2.98. The molecule has 4 heteroatoms. The van der Waals surface area contributed by atoms with Crippen LogP contribution in [0.15, 0.2) is 24.3 Å². The molecule has 2 N–H and O–H groups in total. The van der Waals surface area contributed by atoms with Crippen molar-refractivity contribution in [3.8, 4) is 0 Å². The third-order valence-electron chi connectivity index (χ3n) is 1.85. The molecule has 0 saturated carbocycles. The van der Waals surface area contributed by atoms with Crippen LogP contribution >= 0.6 is 0 Å². The third-order valence-corrected chi connectivity index (χ3v) is 1.85. The number of hydrogen-bond donors (Lipinski definition) is 2. The molecule has 0 bridgehead atoms. The van der Waals surface area contributed by atoms with E-state index in [4.69, 9.17) is 5.11 Å². The van der Waals surface area contributed by atoms with Gasteiger partial charge in [0, 0.05) is 12.5 Å². The van der Waals surface area contributed by atoms with E-state index < -0.39 is 17.7 Å². The van der Waals surface area contributed by atoms with Gasteiger partial charge in [-0.2, -0.15) is 0 Å². The van der Waals surface area contributed by atoms with Crippen LogP contribution in [-0.4, -0.2) is 35.0 Å². The summed E-state index contributed by atoms with van der Waals surface area (Å²) in [5, 5.41) is 18.8. The molecule has 0 aliphatic heterocycles. The number of rotatable bonds is 2. The summed E-state index contributed by atoms with van der Waals surface area (Å²) in [6.07, 6.45) is 4.93. The monoisotopic (exact) mass is 184 g/mol. The van der Waals surface area contributed by atoms with Gasteiger partial charge >= 0.3 is 5.97 Å². The number of hydrogen-bond acceptors (Lipinski definition) is 4. The molecule has 0 fully saturated rings. The topological polar surface area (TPSA) is 66.8 Å². The van der Waals surface area contributed by atoms with E-state index in [0.717, 1.165) is 6.08 Å². The predicted molar refractivity (Wildman–Crippen MR) is 45.9 cm³/mol. The first-order valence-electron chi connectivity index (χ1n) is 3.93. The van der Waals surface area contributed by atoms with E-state index in [-0.39, 0.29) is 6.42 Å². The van der Waals surface area contributed by atoms with Crippen molar-refractivity contribution in [3.05, 3.63) is 24.3 Å². The molecule has 0 aromatic rings. The Balaban J connectivity index is 2.59. The highest BCUT2D eigenvalue weighted by atomic mass is 16.5. The maximum Gasteiger partial charge on any atom is 0.330 e. The van der Waals surface area contributed by atoms with Crippen LogP contribution in [0.25, 0.3) is 0 Å². The standard InChI is InChI=1S/C9H12O4/c1-13-8(11)3-5-9(12)4-2-7(10)6-9/h2-5,7,10,12H,6H2,1H3. The zero-order chi connectivity index (χ0) is 9.90. The minimum Gasteiger partial charge on any atom is -0.466 e. The molecule has 13 heavy (non-hydrogen) atoms. The molecular formula is C9H12O4.